The topological polar surface area (TPSA) is 109 Å². The molecule has 1 aromatic heterocycles. The second-order valence-corrected chi connectivity index (χ2v) is 4.98. The van der Waals surface area contributed by atoms with Crippen molar-refractivity contribution in [2.24, 2.45) is 5.10 Å². The van der Waals surface area contributed by atoms with Crippen LogP contribution in [0.4, 0.5) is 5.95 Å². The fourth-order valence-electron chi connectivity index (χ4n) is 2.10. The molecule has 0 atom stereocenters. The van der Waals surface area contributed by atoms with Crippen molar-refractivity contribution in [2.45, 2.75) is 19.8 Å². The number of benzene rings is 1. The summed E-state index contributed by atoms with van der Waals surface area (Å²) in [5.41, 5.74) is 3.78. The lowest BCUT2D eigenvalue weighted by atomic mass is 10.2. The summed E-state index contributed by atoms with van der Waals surface area (Å²) in [6.45, 7) is 2.01. The molecule has 0 spiro atoms. The van der Waals surface area contributed by atoms with Crippen molar-refractivity contribution < 1.29 is 14.6 Å². The Hall–Kier alpha value is -3.03. The van der Waals surface area contributed by atoms with E-state index in [1.807, 2.05) is 6.92 Å². The van der Waals surface area contributed by atoms with Crippen molar-refractivity contribution in [3.63, 3.8) is 0 Å². The standard InChI is InChI=1S/C16H20N4O4/c1-4-5-11-8-14(21)19-16(18-11)20-17-9-10-6-12(23-2)15(22)13(7-10)24-3/h6-9,22H,4-5H2,1-3H3,(H2,18,19,20,21). The van der Waals surface area contributed by atoms with E-state index in [4.69, 9.17) is 9.47 Å². The van der Waals surface area contributed by atoms with Crippen molar-refractivity contribution in [1.29, 1.82) is 0 Å². The summed E-state index contributed by atoms with van der Waals surface area (Å²) >= 11 is 0. The molecular formula is C16H20N4O4. The van der Waals surface area contributed by atoms with Gasteiger partial charge in [0.15, 0.2) is 11.5 Å². The fraction of sp³-hybridized carbons (Fsp3) is 0.312. The van der Waals surface area contributed by atoms with E-state index in [9.17, 15) is 9.90 Å². The van der Waals surface area contributed by atoms with Gasteiger partial charge in [0.05, 0.1) is 20.4 Å². The molecule has 0 aliphatic rings. The van der Waals surface area contributed by atoms with E-state index in [1.165, 1.54) is 26.5 Å². The lowest BCUT2D eigenvalue weighted by Crippen LogP contribution is -2.12. The molecule has 0 unspecified atom stereocenters. The van der Waals surface area contributed by atoms with Crippen LogP contribution in [-0.4, -0.2) is 35.5 Å². The number of hydrazone groups is 1. The number of rotatable bonds is 7. The van der Waals surface area contributed by atoms with E-state index in [0.29, 0.717) is 17.7 Å². The Morgan fingerprint density at radius 1 is 1.29 bits per heavy atom. The van der Waals surface area contributed by atoms with E-state index in [2.05, 4.69) is 20.5 Å². The van der Waals surface area contributed by atoms with Crippen LogP contribution in [0, 0.1) is 0 Å². The Morgan fingerprint density at radius 2 is 1.96 bits per heavy atom. The Kier molecular flexibility index (Phi) is 5.78. The molecule has 8 nitrogen and oxygen atoms in total. The number of nitrogens with zero attached hydrogens (tertiary/aromatic N) is 2. The summed E-state index contributed by atoms with van der Waals surface area (Å²) in [4.78, 5) is 18.4. The summed E-state index contributed by atoms with van der Waals surface area (Å²) in [5.74, 6) is 0.725. The number of hydrogen-bond donors (Lipinski definition) is 3. The summed E-state index contributed by atoms with van der Waals surface area (Å²) in [7, 11) is 2.89. The van der Waals surface area contributed by atoms with Gasteiger partial charge < -0.3 is 14.6 Å². The number of phenolic OH excluding ortho intramolecular Hbond substituents is 1. The van der Waals surface area contributed by atoms with Crippen molar-refractivity contribution >= 4 is 12.2 Å². The number of hydrogen-bond acceptors (Lipinski definition) is 7. The van der Waals surface area contributed by atoms with Crippen LogP contribution in [0.1, 0.15) is 24.6 Å². The minimum Gasteiger partial charge on any atom is -0.502 e. The van der Waals surface area contributed by atoms with E-state index >= 15 is 0 Å². The molecule has 0 radical (unpaired) electrons. The summed E-state index contributed by atoms with van der Waals surface area (Å²) in [6, 6.07) is 4.67. The van der Waals surface area contributed by atoms with E-state index in [1.54, 1.807) is 12.1 Å². The number of aromatic amines is 1. The molecule has 0 fully saturated rings. The van der Waals surface area contributed by atoms with Gasteiger partial charge in [-0.1, -0.05) is 13.3 Å². The largest absolute Gasteiger partial charge is 0.502 e. The molecule has 128 valence electrons. The zero-order chi connectivity index (χ0) is 17.5. The van der Waals surface area contributed by atoms with E-state index in [0.717, 1.165) is 6.42 Å². The molecule has 1 heterocycles. The first-order valence-electron chi connectivity index (χ1n) is 7.41. The quantitative estimate of drug-likeness (QED) is 0.528. The summed E-state index contributed by atoms with van der Waals surface area (Å²) in [5, 5.41) is 13.9. The van der Waals surface area contributed by atoms with Crippen molar-refractivity contribution in [1.82, 2.24) is 9.97 Å². The molecule has 8 heteroatoms. The Bertz CT molecular complexity index is 761. The highest BCUT2D eigenvalue weighted by atomic mass is 16.5. The molecule has 0 saturated carbocycles. The number of nitrogens with one attached hydrogen (secondary N) is 2. The number of aromatic nitrogens is 2. The van der Waals surface area contributed by atoms with E-state index < -0.39 is 0 Å². The number of ether oxygens (including phenoxy) is 2. The molecule has 24 heavy (non-hydrogen) atoms. The van der Waals surface area contributed by atoms with Crippen molar-refractivity contribution in [2.75, 3.05) is 19.6 Å². The van der Waals surface area contributed by atoms with Crippen LogP contribution in [0.2, 0.25) is 0 Å². The zero-order valence-corrected chi connectivity index (χ0v) is 13.8. The van der Waals surface area contributed by atoms with Crippen LogP contribution in [0.25, 0.3) is 0 Å². The number of phenols is 1. The normalized spacial score (nSPS) is 10.8. The van der Waals surface area contributed by atoms with Crippen LogP contribution < -0.4 is 20.5 Å². The maximum Gasteiger partial charge on any atom is 0.252 e. The molecule has 0 bridgehead atoms. The minimum atomic E-state index is -0.237. The van der Waals surface area contributed by atoms with Crippen LogP contribution >= 0.6 is 0 Å². The number of aryl methyl sites for hydroxylation is 1. The second kappa shape index (κ2) is 8.00. The third kappa shape index (κ3) is 4.25. The van der Waals surface area contributed by atoms with E-state index in [-0.39, 0.29) is 28.8 Å². The first-order chi connectivity index (χ1) is 11.6. The summed E-state index contributed by atoms with van der Waals surface area (Å²) in [6.07, 6.45) is 3.11. The zero-order valence-electron chi connectivity index (χ0n) is 13.8. The Morgan fingerprint density at radius 3 is 2.54 bits per heavy atom. The number of aromatic hydroxyl groups is 1. The van der Waals surface area contributed by atoms with Gasteiger partial charge in [0.2, 0.25) is 11.7 Å². The van der Waals surface area contributed by atoms with Crippen molar-refractivity contribution in [3.8, 4) is 17.2 Å². The van der Waals surface area contributed by atoms with Crippen LogP contribution in [0.3, 0.4) is 0 Å². The molecule has 0 saturated heterocycles. The van der Waals surface area contributed by atoms with Gasteiger partial charge in [0, 0.05) is 17.3 Å². The van der Waals surface area contributed by atoms with Gasteiger partial charge in [-0.3, -0.25) is 9.78 Å². The number of anilines is 1. The lowest BCUT2D eigenvalue weighted by Gasteiger charge is -2.09. The highest BCUT2D eigenvalue weighted by Crippen LogP contribution is 2.36. The van der Waals surface area contributed by atoms with Crippen molar-refractivity contribution in [3.05, 3.63) is 39.8 Å². The molecule has 2 aromatic rings. The first kappa shape index (κ1) is 17.3. The molecule has 3 N–H and O–H groups in total. The summed E-state index contributed by atoms with van der Waals surface area (Å²) < 4.78 is 10.2. The second-order valence-electron chi connectivity index (χ2n) is 4.98. The SMILES string of the molecule is CCCc1cc(=O)[nH]c(NN=Cc2cc(OC)c(O)c(OC)c2)n1. The van der Waals surface area contributed by atoms with Gasteiger partial charge in [-0.15, -0.1) is 0 Å². The molecule has 2 rings (SSSR count). The first-order valence-corrected chi connectivity index (χ1v) is 7.41. The molecular weight excluding hydrogens is 312 g/mol. The molecule has 0 aliphatic carbocycles. The average Bonchev–Trinajstić information content (AvgIpc) is 2.56. The molecule has 0 aliphatic heterocycles. The Balaban J connectivity index is 2.19. The predicted octanol–water partition coefficient (Wildman–Crippen LogP) is 1.89. The highest BCUT2D eigenvalue weighted by molar-refractivity contribution is 5.82. The molecule has 0 amide bonds. The van der Waals surface area contributed by atoms with Crippen LogP contribution in [0.5, 0.6) is 17.2 Å². The van der Waals surface area contributed by atoms with Gasteiger partial charge in [0.25, 0.3) is 5.56 Å². The smallest absolute Gasteiger partial charge is 0.252 e. The predicted molar refractivity (Wildman–Crippen MR) is 91.3 cm³/mol. The third-order valence-corrected chi connectivity index (χ3v) is 3.19. The number of methoxy groups -OCH3 is 2. The minimum absolute atomic E-state index is 0.0802. The van der Waals surface area contributed by atoms with Gasteiger partial charge in [-0.05, 0) is 18.6 Å². The van der Waals surface area contributed by atoms with Gasteiger partial charge in [-0.2, -0.15) is 5.10 Å². The number of H-pyrrole nitrogens is 1. The van der Waals surface area contributed by atoms with Crippen LogP contribution in [0.15, 0.2) is 28.1 Å². The Labute approximate surface area is 139 Å². The van der Waals surface area contributed by atoms with Crippen LogP contribution in [-0.2, 0) is 6.42 Å². The third-order valence-electron chi connectivity index (χ3n) is 3.19. The lowest BCUT2D eigenvalue weighted by molar-refractivity contribution is 0.340. The monoisotopic (exact) mass is 332 g/mol. The van der Waals surface area contributed by atoms with Gasteiger partial charge >= 0.3 is 0 Å². The molecule has 1 aromatic carbocycles. The van der Waals surface area contributed by atoms with Gasteiger partial charge in [-0.25, -0.2) is 10.4 Å². The van der Waals surface area contributed by atoms with Gasteiger partial charge in [0.1, 0.15) is 0 Å². The fourth-order valence-corrected chi connectivity index (χ4v) is 2.10. The maximum atomic E-state index is 11.6. The maximum absolute atomic E-state index is 11.6. The highest BCUT2D eigenvalue weighted by Gasteiger charge is 2.10. The average molecular weight is 332 g/mol.